The lowest BCUT2D eigenvalue weighted by atomic mass is 10.3. The molecule has 5 heteroatoms. The minimum absolute atomic E-state index is 0.154. The van der Waals surface area contributed by atoms with Gasteiger partial charge >= 0.3 is 0 Å². The van der Waals surface area contributed by atoms with Crippen molar-refractivity contribution in [2.75, 3.05) is 13.2 Å². The summed E-state index contributed by atoms with van der Waals surface area (Å²) in [5, 5.41) is 0. The number of aromatic nitrogens is 2. The maximum absolute atomic E-state index is 5.61. The van der Waals surface area contributed by atoms with E-state index in [1.54, 1.807) is 6.07 Å². The first-order valence-electron chi connectivity index (χ1n) is 5.06. The van der Waals surface area contributed by atoms with E-state index in [0.29, 0.717) is 19.1 Å². The first kappa shape index (κ1) is 10.8. The lowest BCUT2D eigenvalue weighted by Gasteiger charge is -2.26. The Balaban J connectivity index is 2.07. The van der Waals surface area contributed by atoms with Gasteiger partial charge in [-0.15, -0.1) is 0 Å². The Labute approximate surface area is 97.1 Å². The first-order chi connectivity index (χ1) is 7.28. The Morgan fingerprint density at radius 1 is 1.53 bits per heavy atom. The minimum Gasteiger partial charge on any atom is -0.469 e. The van der Waals surface area contributed by atoms with Crippen LogP contribution in [-0.2, 0) is 11.2 Å². The van der Waals surface area contributed by atoms with Crippen LogP contribution in [0.25, 0.3) is 0 Å². The van der Waals surface area contributed by atoms with E-state index in [4.69, 9.17) is 9.47 Å². The largest absolute Gasteiger partial charge is 0.469 e. The minimum atomic E-state index is 0.154. The Morgan fingerprint density at radius 2 is 2.33 bits per heavy atom. The van der Waals surface area contributed by atoms with Crippen LogP contribution >= 0.6 is 15.9 Å². The van der Waals surface area contributed by atoms with Crippen LogP contribution in [0, 0.1) is 0 Å². The number of hydrogen-bond donors (Lipinski definition) is 0. The third kappa shape index (κ3) is 2.89. The molecule has 0 saturated carbocycles. The maximum Gasteiger partial charge on any atom is 0.218 e. The molecule has 1 aromatic heterocycles. The van der Waals surface area contributed by atoms with Crippen molar-refractivity contribution in [1.29, 1.82) is 0 Å². The lowest BCUT2D eigenvalue weighted by Crippen LogP contribution is -2.38. The maximum atomic E-state index is 5.61. The predicted octanol–water partition coefficient (Wildman–Crippen LogP) is 1.97. The average molecular weight is 273 g/mol. The van der Waals surface area contributed by atoms with Crippen LogP contribution in [0.4, 0.5) is 0 Å². The highest BCUT2D eigenvalue weighted by Gasteiger charge is 2.21. The van der Waals surface area contributed by atoms with Gasteiger partial charge in [-0.3, -0.25) is 0 Å². The molecule has 0 spiro atoms. The van der Waals surface area contributed by atoms with Crippen molar-refractivity contribution in [1.82, 2.24) is 9.97 Å². The molecular weight excluding hydrogens is 260 g/mol. The summed E-state index contributed by atoms with van der Waals surface area (Å²) in [5.41, 5.74) is 0. The Morgan fingerprint density at radius 3 is 2.93 bits per heavy atom. The standard InChI is InChI=1S/C10H13BrN2O2/c1-2-3-9-12-8(11)4-10(13-9)15-7-5-14-6-7/h4,7H,2-3,5-6H2,1H3. The molecule has 1 saturated heterocycles. The molecule has 4 nitrogen and oxygen atoms in total. The molecule has 2 heterocycles. The highest BCUT2D eigenvalue weighted by atomic mass is 79.9. The van der Waals surface area contributed by atoms with Gasteiger partial charge in [0.25, 0.3) is 0 Å². The number of rotatable bonds is 4. The fourth-order valence-corrected chi connectivity index (χ4v) is 1.69. The molecule has 0 aliphatic carbocycles. The molecule has 0 aromatic carbocycles. The molecule has 0 bridgehead atoms. The van der Waals surface area contributed by atoms with E-state index in [0.717, 1.165) is 23.3 Å². The molecule has 82 valence electrons. The fraction of sp³-hybridized carbons (Fsp3) is 0.600. The normalized spacial score (nSPS) is 16.1. The monoisotopic (exact) mass is 272 g/mol. The summed E-state index contributed by atoms with van der Waals surface area (Å²) in [7, 11) is 0. The van der Waals surface area contributed by atoms with Gasteiger partial charge in [-0.2, -0.15) is 4.98 Å². The Kier molecular flexibility index (Phi) is 3.53. The number of halogens is 1. The van der Waals surface area contributed by atoms with Gasteiger partial charge in [0.2, 0.25) is 5.88 Å². The molecular formula is C10H13BrN2O2. The smallest absolute Gasteiger partial charge is 0.218 e. The zero-order valence-corrected chi connectivity index (χ0v) is 10.2. The van der Waals surface area contributed by atoms with Crippen molar-refractivity contribution in [2.45, 2.75) is 25.9 Å². The van der Waals surface area contributed by atoms with Crippen LogP contribution in [0.15, 0.2) is 10.7 Å². The molecule has 0 N–H and O–H groups in total. The van der Waals surface area contributed by atoms with Gasteiger partial charge in [-0.25, -0.2) is 4.98 Å². The van der Waals surface area contributed by atoms with Gasteiger partial charge in [0.1, 0.15) is 16.5 Å². The van der Waals surface area contributed by atoms with E-state index in [2.05, 4.69) is 32.8 Å². The zero-order chi connectivity index (χ0) is 10.7. The van der Waals surface area contributed by atoms with Crippen molar-refractivity contribution < 1.29 is 9.47 Å². The van der Waals surface area contributed by atoms with E-state index in [9.17, 15) is 0 Å². The number of ether oxygens (including phenoxy) is 2. The van der Waals surface area contributed by atoms with E-state index < -0.39 is 0 Å². The molecule has 0 atom stereocenters. The summed E-state index contributed by atoms with van der Waals surface area (Å²) >= 11 is 3.35. The summed E-state index contributed by atoms with van der Waals surface area (Å²) in [6.45, 7) is 3.42. The van der Waals surface area contributed by atoms with Gasteiger partial charge < -0.3 is 9.47 Å². The molecule has 15 heavy (non-hydrogen) atoms. The quantitative estimate of drug-likeness (QED) is 0.787. The highest BCUT2D eigenvalue weighted by molar-refractivity contribution is 9.10. The van der Waals surface area contributed by atoms with Crippen LogP contribution in [0.3, 0.4) is 0 Å². The number of hydrogen-bond acceptors (Lipinski definition) is 4. The molecule has 0 radical (unpaired) electrons. The SMILES string of the molecule is CCCc1nc(Br)cc(OC2COC2)n1. The molecule has 1 fully saturated rings. The summed E-state index contributed by atoms with van der Waals surface area (Å²) in [5.74, 6) is 1.45. The third-order valence-corrected chi connectivity index (χ3v) is 2.49. The second-order valence-corrected chi connectivity index (χ2v) is 4.28. The Bertz CT molecular complexity index is 342. The van der Waals surface area contributed by atoms with Crippen molar-refractivity contribution in [3.8, 4) is 5.88 Å². The fourth-order valence-electron chi connectivity index (χ4n) is 1.29. The van der Waals surface area contributed by atoms with Crippen LogP contribution < -0.4 is 4.74 Å². The van der Waals surface area contributed by atoms with Crippen molar-refractivity contribution >= 4 is 15.9 Å². The zero-order valence-electron chi connectivity index (χ0n) is 8.57. The molecule has 1 aromatic rings. The second kappa shape index (κ2) is 4.90. The topological polar surface area (TPSA) is 44.2 Å². The Hall–Kier alpha value is -0.680. The van der Waals surface area contributed by atoms with Crippen molar-refractivity contribution in [3.05, 3.63) is 16.5 Å². The average Bonchev–Trinajstić information content (AvgIpc) is 2.11. The van der Waals surface area contributed by atoms with Crippen LogP contribution in [0.5, 0.6) is 5.88 Å². The van der Waals surface area contributed by atoms with Gasteiger partial charge in [0, 0.05) is 12.5 Å². The molecule has 0 amide bonds. The summed E-state index contributed by atoms with van der Waals surface area (Å²) < 4.78 is 11.4. The van der Waals surface area contributed by atoms with Crippen LogP contribution in [0.2, 0.25) is 0 Å². The van der Waals surface area contributed by atoms with Crippen molar-refractivity contribution in [2.24, 2.45) is 0 Å². The summed E-state index contributed by atoms with van der Waals surface area (Å²) in [4.78, 5) is 8.60. The second-order valence-electron chi connectivity index (χ2n) is 3.47. The molecule has 1 aliphatic heterocycles. The van der Waals surface area contributed by atoms with Gasteiger partial charge in [-0.1, -0.05) is 6.92 Å². The first-order valence-corrected chi connectivity index (χ1v) is 5.85. The van der Waals surface area contributed by atoms with Crippen molar-refractivity contribution in [3.63, 3.8) is 0 Å². The van der Waals surface area contributed by atoms with Crippen LogP contribution in [-0.4, -0.2) is 29.3 Å². The van der Waals surface area contributed by atoms with Gasteiger partial charge in [0.05, 0.1) is 13.2 Å². The predicted molar refractivity (Wildman–Crippen MR) is 59.0 cm³/mol. The third-order valence-electron chi connectivity index (χ3n) is 2.09. The van der Waals surface area contributed by atoms with Crippen LogP contribution in [0.1, 0.15) is 19.2 Å². The number of nitrogens with zero attached hydrogens (tertiary/aromatic N) is 2. The van der Waals surface area contributed by atoms with Gasteiger partial charge in [0.15, 0.2) is 0 Å². The van der Waals surface area contributed by atoms with E-state index in [-0.39, 0.29) is 6.10 Å². The number of aryl methyl sites for hydroxylation is 1. The highest BCUT2D eigenvalue weighted by Crippen LogP contribution is 2.18. The summed E-state index contributed by atoms with van der Waals surface area (Å²) in [6.07, 6.45) is 2.06. The molecule has 2 rings (SSSR count). The molecule has 0 unspecified atom stereocenters. The summed E-state index contributed by atoms with van der Waals surface area (Å²) in [6, 6.07) is 1.79. The van der Waals surface area contributed by atoms with E-state index >= 15 is 0 Å². The molecule has 1 aliphatic rings. The van der Waals surface area contributed by atoms with E-state index in [1.807, 2.05) is 0 Å². The van der Waals surface area contributed by atoms with Gasteiger partial charge in [-0.05, 0) is 22.4 Å². The van der Waals surface area contributed by atoms with E-state index in [1.165, 1.54) is 0 Å². The lowest BCUT2D eigenvalue weighted by molar-refractivity contribution is -0.0814.